The molecule has 0 aromatic heterocycles. The second-order valence-corrected chi connectivity index (χ2v) is 5.87. The molecule has 27 heavy (non-hydrogen) atoms. The normalized spacial score (nSPS) is 10.6. The van der Waals surface area contributed by atoms with E-state index in [1.54, 1.807) is 30.3 Å². The van der Waals surface area contributed by atoms with Gasteiger partial charge in [-0.2, -0.15) is 5.10 Å². The fourth-order valence-corrected chi connectivity index (χ4v) is 2.45. The van der Waals surface area contributed by atoms with Crippen LogP contribution in [0.25, 0.3) is 0 Å². The molecule has 0 aliphatic rings. The Balaban J connectivity index is 2.00. The van der Waals surface area contributed by atoms with E-state index in [9.17, 15) is 4.79 Å². The van der Waals surface area contributed by atoms with E-state index in [2.05, 4.69) is 10.5 Å². The van der Waals surface area contributed by atoms with Crippen LogP contribution in [0.5, 0.6) is 23.0 Å². The first kappa shape index (κ1) is 20.7. The smallest absolute Gasteiger partial charge is 0.277 e. The highest BCUT2D eigenvalue weighted by Crippen LogP contribution is 2.34. The van der Waals surface area contributed by atoms with Crippen molar-refractivity contribution in [3.05, 3.63) is 45.9 Å². The van der Waals surface area contributed by atoms with Gasteiger partial charge in [-0.3, -0.25) is 4.79 Å². The number of nitrogens with one attached hydrogen (secondary N) is 1. The molecular formula is C18H18Cl2N2O5. The predicted molar refractivity (Wildman–Crippen MR) is 104 cm³/mol. The van der Waals surface area contributed by atoms with E-state index in [0.29, 0.717) is 33.6 Å². The lowest BCUT2D eigenvalue weighted by Gasteiger charge is -2.11. The molecule has 7 nitrogen and oxygen atoms in total. The van der Waals surface area contributed by atoms with Crippen molar-refractivity contribution in [2.75, 3.05) is 27.9 Å². The summed E-state index contributed by atoms with van der Waals surface area (Å²) in [5.74, 6) is 1.37. The third kappa shape index (κ3) is 5.42. The van der Waals surface area contributed by atoms with Crippen molar-refractivity contribution in [2.24, 2.45) is 5.10 Å². The van der Waals surface area contributed by atoms with Crippen molar-refractivity contribution in [1.82, 2.24) is 5.43 Å². The predicted octanol–water partition coefficient (Wildman–Crippen LogP) is 3.55. The summed E-state index contributed by atoms with van der Waals surface area (Å²) in [6.45, 7) is -0.277. The number of ether oxygens (including phenoxy) is 4. The van der Waals surface area contributed by atoms with Gasteiger partial charge in [-0.05, 0) is 18.2 Å². The van der Waals surface area contributed by atoms with Gasteiger partial charge in [0.2, 0.25) is 0 Å². The lowest BCUT2D eigenvalue weighted by molar-refractivity contribution is -0.123. The van der Waals surface area contributed by atoms with Crippen LogP contribution < -0.4 is 24.4 Å². The van der Waals surface area contributed by atoms with Gasteiger partial charge in [-0.15, -0.1) is 0 Å². The molecule has 144 valence electrons. The minimum Gasteiger partial charge on any atom is -0.496 e. The summed E-state index contributed by atoms with van der Waals surface area (Å²) in [4.78, 5) is 11.9. The molecule has 0 heterocycles. The molecule has 0 fully saturated rings. The first-order valence-corrected chi connectivity index (χ1v) is 8.44. The summed E-state index contributed by atoms with van der Waals surface area (Å²) in [6.07, 6.45) is 1.42. The van der Waals surface area contributed by atoms with Gasteiger partial charge < -0.3 is 18.9 Å². The number of hydrazone groups is 1. The first-order chi connectivity index (χ1) is 13.0. The van der Waals surface area contributed by atoms with Gasteiger partial charge in [-0.25, -0.2) is 5.43 Å². The number of benzene rings is 2. The van der Waals surface area contributed by atoms with Crippen molar-refractivity contribution >= 4 is 35.3 Å². The third-order valence-electron chi connectivity index (χ3n) is 3.40. The Bertz CT molecular complexity index is 843. The highest BCUT2D eigenvalue weighted by Gasteiger charge is 2.11. The second kappa shape index (κ2) is 9.89. The monoisotopic (exact) mass is 412 g/mol. The Morgan fingerprint density at radius 1 is 1.04 bits per heavy atom. The Hall–Kier alpha value is -2.64. The van der Waals surface area contributed by atoms with Gasteiger partial charge in [0, 0.05) is 11.6 Å². The van der Waals surface area contributed by atoms with E-state index in [0.717, 1.165) is 0 Å². The lowest BCUT2D eigenvalue weighted by Crippen LogP contribution is -2.24. The SMILES string of the molecule is COc1cc(OC)c(OC)cc1/C=N\NC(=O)COc1cccc(Cl)c1Cl. The summed E-state index contributed by atoms with van der Waals surface area (Å²) in [6, 6.07) is 8.24. The first-order valence-electron chi connectivity index (χ1n) is 7.68. The van der Waals surface area contributed by atoms with Gasteiger partial charge in [0.15, 0.2) is 18.1 Å². The fraction of sp³-hybridized carbons (Fsp3) is 0.222. The minimum atomic E-state index is -0.471. The van der Waals surface area contributed by atoms with Crippen molar-refractivity contribution in [1.29, 1.82) is 0 Å². The van der Waals surface area contributed by atoms with E-state index in [4.69, 9.17) is 42.1 Å². The van der Waals surface area contributed by atoms with Gasteiger partial charge >= 0.3 is 0 Å². The van der Waals surface area contributed by atoms with E-state index in [1.165, 1.54) is 27.5 Å². The van der Waals surface area contributed by atoms with Crippen LogP contribution in [-0.4, -0.2) is 40.1 Å². The van der Waals surface area contributed by atoms with Crippen LogP contribution in [0.2, 0.25) is 10.0 Å². The van der Waals surface area contributed by atoms with Crippen LogP contribution in [0.3, 0.4) is 0 Å². The van der Waals surface area contributed by atoms with Crippen molar-refractivity contribution in [3.63, 3.8) is 0 Å². The molecule has 0 radical (unpaired) electrons. The molecular weight excluding hydrogens is 395 g/mol. The Kier molecular flexibility index (Phi) is 7.57. The van der Waals surface area contributed by atoms with Crippen molar-refractivity contribution in [3.8, 4) is 23.0 Å². The zero-order valence-electron chi connectivity index (χ0n) is 14.9. The fourth-order valence-electron chi connectivity index (χ4n) is 2.10. The van der Waals surface area contributed by atoms with Crippen LogP contribution >= 0.6 is 23.2 Å². The van der Waals surface area contributed by atoms with E-state index >= 15 is 0 Å². The Labute approximate surface area is 166 Å². The summed E-state index contributed by atoms with van der Waals surface area (Å²) in [7, 11) is 4.56. The number of carbonyl (C=O) groups is 1. The number of carbonyl (C=O) groups excluding carboxylic acids is 1. The third-order valence-corrected chi connectivity index (χ3v) is 4.21. The molecule has 0 bridgehead atoms. The Morgan fingerprint density at radius 2 is 1.70 bits per heavy atom. The molecule has 1 amide bonds. The lowest BCUT2D eigenvalue weighted by atomic mass is 10.2. The zero-order chi connectivity index (χ0) is 19.8. The average molecular weight is 413 g/mol. The number of hydrogen-bond acceptors (Lipinski definition) is 6. The molecule has 2 aromatic carbocycles. The molecule has 2 aromatic rings. The van der Waals surface area contributed by atoms with Crippen LogP contribution in [0.15, 0.2) is 35.4 Å². The minimum absolute atomic E-state index is 0.241. The topological polar surface area (TPSA) is 78.4 Å². The number of methoxy groups -OCH3 is 3. The van der Waals surface area contributed by atoms with Crippen LogP contribution in [0.1, 0.15) is 5.56 Å². The quantitative estimate of drug-likeness (QED) is 0.529. The van der Waals surface area contributed by atoms with E-state index in [1.807, 2.05) is 0 Å². The maximum atomic E-state index is 11.9. The largest absolute Gasteiger partial charge is 0.496 e. The molecule has 0 saturated carbocycles. The van der Waals surface area contributed by atoms with Crippen LogP contribution in [-0.2, 0) is 4.79 Å². The highest BCUT2D eigenvalue weighted by atomic mass is 35.5. The van der Waals surface area contributed by atoms with E-state index in [-0.39, 0.29) is 11.6 Å². The maximum absolute atomic E-state index is 11.9. The van der Waals surface area contributed by atoms with Gasteiger partial charge in [-0.1, -0.05) is 29.3 Å². The van der Waals surface area contributed by atoms with Gasteiger partial charge in [0.1, 0.15) is 16.5 Å². The zero-order valence-corrected chi connectivity index (χ0v) is 16.4. The summed E-state index contributed by atoms with van der Waals surface area (Å²) in [5.41, 5.74) is 2.95. The Morgan fingerprint density at radius 3 is 2.37 bits per heavy atom. The molecule has 0 aliphatic heterocycles. The second-order valence-electron chi connectivity index (χ2n) is 5.08. The molecule has 0 saturated heterocycles. The molecule has 0 aliphatic carbocycles. The molecule has 0 spiro atoms. The number of amides is 1. The van der Waals surface area contributed by atoms with Crippen LogP contribution in [0.4, 0.5) is 0 Å². The van der Waals surface area contributed by atoms with E-state index < -0.39 is 5.91 Å². The van der Waals surface area contributed by atoms with Gasteiger partial charge in [0.25, 0.3) is 5.91 Å². The molecule has 0 atom stereocenters. The summed E-state index contributed by atoms with van der Waals surface area (Å²) >= 11 is 11.9. The molecule has 0 unspecified atom stereocenters. The maximum Gasteiger partial charge on any atom is 0.277 e. The number of nitrogens with zero attached hydrogens (tertiary/aromatic N) is 1. The highest BCUT2D eigenvalue weighted by molar-refractivity contribution is 6.42. The van der Waals surface area contributed by atoms with Gasteiger partial charge in [0.05, 0.1) is 32.6 Å². The molecule has 9 heteroatoms. The van der Waals surface area contributed by atoms with Crippen molar-refractivity contribution < 1.29 is 23.7 Å². The van der Waals surface area contributed by atoms with Crippen LogP contribution in [0, 0.1) is 0 Å². The number of halogens is 2. The number of rotatable bonds is 8. The molecule has 2 rings (SSSR count). The molecule has 1 N–H and O–H groups in total. The number of hydrogen-bond donors (Lipinski definition) is 1. The standard InChI is InChI=1S/C18H18Cl2N2O5/c1-24-14-8-16(26-3)15(25-2)7-11(14)9-21-22-17(23)10-27-13-6-4-5-12(19)18(13)20/h4-9H,10H2,1-3H3,(H,22,23)/b21-9-. The summed E-state index contributed by atoms with van der Waals surface area (Å²) < 4.78 is 21.1. The summed E-state index contributed by atoms with van der Waals surface area (Å²) in [5, 5.41) is 4.48. The van der Waals surface area contributed by atoms with Crippen molar-refractivity contribution in [2.45, 2.75) is 0 Å². The average Bonchev–Trinajstić information content (AvgIpc) is 2.68.